The molecule has 3 heterocycles. The summed E-state index contributed by atoms with van der Waals surface area (Å²) in [5, 5.41) is 16.9. The second-order valence-corrected chi connectivity index (χ2v) is 12.9. The predicted molar refractivity (Wildman–Crippen MR) is 173 cm³/mol. The summed E-state index contributed by atoms with van der Waals surface area (Å²) in [6.45, 7) is 7.46. The smallest absolute Gasteiger partial charge is 0.337 e. The number of carboxylic acid groups (broad SMARTS) is 1. The van der Waals surface area contributed by atoms with Crippen molar-refractivity contribution in [1.29, 1.82) is 0 Å². The molecule has 3 aromatic heterocycles. The van der Waals surface area contributed by atoms with Crippen LogP contribution in [-0.2, 0) is 16.6 Å². The molecular formula is C33H30ClN5O3S. The van der Waals surface area contributed by atoms with Crippen molar-refractivity contribution in [3.63, 3.8) is 0 Å². The molecule has 0 aliphatic carbocycles. The lowest BCUT2D eigenvalue weighted by Gasteiger charge is -2.28. The monoisotopic (exact) mass is 611 g/mol. The molecule has 10 heteroatoms. The number of carboxylic acids is 1. The van der Waals surface area contributed by atoms with Crippen LogP contribution in [0.1, 0.15) is 38.0 Å². The number of thiazole rings is 1. The average molecular weight is 612 g/mol. The third kappa shape index (κ3) is 5.47. The van der Waals surface area contributed by atoms with Crippen LogP contribution in [0.4, 0.5) is 5.82 Å². The Morgan fingerprint density at radius 1 is 1.05 bits per heavy atom. The SMILES string of the molecule is Cc1cc2nc(-c3ccnc(-c4ccc5c(c4)c(N)nn5C)c3)sc2c(-c2ccc(Cl)cc2)c1C(OC(C)(C)C)C(=O)O. The number of benzene rings is 3. The van der Waals surface area contributed by atoms with Gasteiger partial charge in [-0.3, -0.25) is 9.67 Å². The van der Waals surface area contributed by atoms with Crippen LogP contribution < -0.4 is 5.73 Å². The van der Waals surface area contributed by atoms with E-state index in [0.29, 0.717) is 16.4 Å². The average Bonchev–Trinajstić information content (AvgIpc) is 3.51. The first-order valence-corrected chi connectivity index (χ1v) is 14.9. The Balaban J connectivity index is 1.53. The lowest BCUT2D eigenvalue weighted by molar-refractivity contribution is -0.160. The zero-order valence-corrected chi connectivity index (χ0v) is 25.9. The highest BCUT2D eigenvalue weighted by Crippen LogP contribution is 2.44. The molecule has 0 saturated heterocycles. The van der Waals surface area contributed by atoms with E-state index >= 15 is 0 Å². The highest BCUT2D eigenvalue weighted by atomic mass is 35.5. The van der Waals surface area contributed by atoms with E-state index < -0.39 is 17.7 Å². The molecule has 0 aliphatic rings. The summed E-state index contributed by atoms with van der Waals surface area (Å²) in [6.07, 6.45) is 0.588. The first-order chi connectivity index (χ1) is 20.4. The van der Waals surface area contributed by atoms with E-state index in [0.717, 1.165) is 59.6 Å². The number of nitrogen functional groups attached to an aromatic ring is 1. The van der Waals surface area contributed by atoms with Crippen LogP contribution in [0.15, 0.2) is 66.9 Å². The molecule has 0 spiro atoms. The minimum Gasteiger partial charge on any atom is -0.479 e. The molecule has 1 atom stereocenters. The Morgan fingerprint density at radius 2 is 1.77 bits per heavy atom. The van der Waals surface area contributed by atoms with Gasteiger partial charge in [0.2, 0.25) is 0 Å². The first kappa shape index (κ1) is 28.8. The fourth-order valence-corrected chi connectivity index (χ4v) is 6.58. The van der Waals surface area contributed by atoms with Gasteiger partial charge >= 0.3 is 5.97 Å². The molecule has 3 aromatic carbocycles. The van der Waals surface area contributed by atoms with Crippen molar-refractivity contribution in [3.05, 3.63) is 83.0 Å². The van der Waals surface area contributed by atoms with Crippen molar-refractivity contribution in [3.8, 4) is 33.0 Å². The number of anilines is 1. The van der Waals surface area contributed by atoms with E-state index in [1.165, 1.54) is 11.3 Å². The van der Waals surface area contributed by atoms with Crippen LogP contribution in [0.3, 0.4) is 0 Å². The summed E-state index contributed by atoms with van der Waals surface area (Å²) in [4.78, 5) is 22.3. The zero-order valence-electron chi connectivity index (χ0n) is 24.3. The molecule has 0 bridgehead atoms. The van der Waals surface area contributed by atoms with E-state index in [2.05, 4.69) is 10.1 Å². The zero-order chi connectivity index (χ0) is 30.6. The first-order valence-electron chi connectivity index (χ1n) is 13.7. The molecule has 0 saturated carbocycles. The van der Waals surface area contributed by atoms with Crippen molar-refractivity contribution < 1.29 is 14.6 Å². The van der Waals surface area contributed by atoms with Crippen LogP contribution in [0, 0.1) is 6.92 Å². The van der Waals surface area contributed by atoms with Gasteiger partial charge in [-0.2, -0.15) is 5.10 Å². The molecule has 0 aliphatic heterocycles. The number of ether oxygens (including phenoxy) is 1. The van der Waals surface area contributed by atoms with Crippen molar-refractivity contribution in [1.82, 2.24) is 19.7 Å². The van der Waals surface area contributed by atoms with Crippen molar-refractivity contribution in [2.45, 2.75) is 39.4 Å². The molecule has 0 radical (unpaired) electrons. The number of hydrogen-bond acceptors (Lipinski definition) is 7. The van der Waals surface area contributed by atoms with Gasteiger partial charge in [-0.15, -0.1) is 11.3 Å². The maximum atomic E-state index is 12.6. The number of fused-ring (bicyclic) bond motifs is 2. The fourth-order valence-electron chi connectivity index (χ4n) is 5.34. The van der Waals surface area contributed by atoms with Gasteiger partial charge in [0.15, 0.2) is 11.9 Å². The van der Waals surface area contributed by atoms with Gasteiger partial charge in [0.05, 0.1) is 27.0 Å². The van der Waals surface area contributed by atoms with Gasteiger partial charge in [-0.05, 0) is 81.3 Å². The van der Waals surface area contributed by atoms with E-state index in [1.54, 1.807) is 23.0 Å². The Kier molecular flexibility index (Phi) is 7.20. The molecule has 6 aromatic rings. The normalized spacial score (nSPS) is 12.7. The number of carbonyl (C=O) groups is 1. The summed E-state index contributed by atoms with van der Waals surface area (Å²) in [6, 6.07) is 19.3. The molecular weight excluding hydrogens is 582 g/mol. The number of halogens is 1. The number of aliphatic carboxylic acids is 1. The third-order valence-electron chi connectivity index (χ3n) is 7.20. The fraction of sp³-hybridized carbons (Fsp3) is 0.212. The number of hydrogen-bond donors (Lipinski definition) is 2. The maximum absolute atomic E-state index is 12.6. The highest BCUT2D eigenvalue weighted by Gasteiger charge is 2.32. The van der Waals surface area contributed by atoms with E-state index in [4.69, 9.17) is 27.1 Å². The van der Waals surface area contributed by atoms with E-state index in [-0.39, 0.29) is 0 Å². The molecule has 6 rings (SSSR count). The van der Waals surface area contributed by atoms with Crippen LogP contribution >= 0.6 is 22.9 Å². The summed E-state index contributed by atoms with van der Waals surface area (Å²) < 4.78 is 8.76. The Morgan fingerprint density at radius 3 is 2.47 bits per heavy atom. The predicted octanol–water partition coefficient (Wildman–Crippen LogP) is 8.06. The van der Waals surface area contributed by atoms with Crippen molar-refractivity contribution in [2.24, 2.45) is 7.05 Å². The lowest BCUT2D eigenvalue weighted by Crippen LogP contribution is -2.28. The van der Waals surface area contributed by atoms with Crippen LogP contribution in [0.25, 0.3) is 54.1 Å². The summed E-state index contributed by atoms with van der Waals surface area (Å²) in [5.41, 5.74) is 12.8. The molecule has 0 fully saturated rings. The maximum Gasteiger partial charge on any atom is 0.337 e. The number of pyridine rings is 1. The minimum absolute atomic E-state index is 0.470. The number of nitrogens with zero attached hydrogens (tertiary/aromatic N) is 4. The van der Waals surface area contributed by atoms with E-state index in [1.807, 2.05) is 83.3 Å². The van der Waals surface area contributed by atoms with Gasteiger partial charge in [-0.1, -0.05) is 29.8 Å². The number of rotatable bonds is 6. The summed E-state index contributed by atoms with van der Waals surface area (Å²) in [5.74, 6) is -0.583. The highest BCUT2D eigenvalue weighted by molar-refractivity contribution is 7.22. The standard InChI is InChI=1S/C33H30ClN5O3S/c1-17-14-24-29(27(18-6-9-21(34)10-7-18)26(17)28(32(40)41)42-33(2,3)4)43-31(37-24)20-12-13-36-23(16-20)19-8-11-25-22(15-19)30(35)38-39(25)5/h6-16,28H,1-5H3,(H2,35,38)(H,40,41). The Bertz CT molecular complexity index is 2030. The summed E-state index contributed by atoms with van der Waals surface area (Å²) in [7, 11) is 1.86. The van der Waals surface area contributed by atoms with Gasteiger partial charge in [-0.25, -0.2) is 9.78 Å². The molecule has 43 heavy (non-hydrogen) atoms. The van der Waals surface area contributed by atoms with Crippen LogP contribution in [0.2, 0.25) is 5.02 Å². The molecule has 1 unspecified atom stereocenters. The van der Waals surface area contributed by atoms with Gasteiger partial charge in [0, 0.05) is 45.9 Å². The Labute approximate surface area is 257 Å². The number of nitrogens with two attached hydrogens (primary N) is 1. The Hall–Kier alpha value is -4.31. The lowest BCUT2D eigenvalue weighted by atomic mass is 9.91. The molecule has 8 nitrogen and oxygen atoms in total. The van der Waals surface area contributed by atoms with Crippen LogP contribution in [-0.4, -0.2) is 36.4 Å². The topological polar surface area (TPSA) is 116 Å². The largest absolute Gasteiger partial charge is 0.479 e. The summed E-state index contributed by atoms with van der Waals surface area (Å²) >= 11 is 7.74. The third-order valence-corrected chi connectivity index (χ3v) is 8.59. The van der Waals surface area contributed by atoms with E-state index in [9.17, 15) is 9.90 Å². The quantitative estimate of drug-likeness (QED) is 0.196. The minimum atomic E-state index is -1.18. The van der Waals surface area contributed by atoms with Gasteiger partial charge in [0.1, 0.15) is 5.01 Å². The van der Waals surface area contributed by atoms with Crippen LogP contribution in [0.5, 0.6) is 0 Å². The number of aromatic nitrogens is 4. The molecule has 0 amide bonds. The second kappa shape index (κ2) is 10.8. The molecule has 218 valence electrons. The van der Waals surface area contributed by atoms with Gasteiger partial charge < -0.3 is 15.6 Å². The number of aryl methyl sites for hydroxylation is 2. The van der Waals surface area contributed by atoms with Gasteiger partial charge in [0.25, 0.3) is 0 Å². The van der Waals surface area contributed by atoms with Crippen molar-refractivity contribution in [2.75, 3.05) is 5.73 Å². The second-order valence-electron chi connectivity index (χ2n) is 11.5. The van der Waals surface area contributed by atoms with Crippen molar-refractivity contribution >= 4 is 55.8 Å². The molecule has 3 N–H and O–H groups in total.